The fraction of sp³-hybridized carbons (Fsp3) is 0.400. The Labute approximate surface area is 156 Å². The monoisotopic (exact) mass is 392 g/mol. The first-order valence-corrected chi connectivity index (χ1v) is 12.2. The van der Waals surface area contributed by atoms with Gasteiger partial charge in [-0.25, -0.2) is 16.8 Å². The number of rotatable bonds is 0. The number of benzene rings is 2. The Bertz CT molecular complexity index is 951. The first-order chi connectivity index (χ1) is 11.9. The lowest BCUT2D eigenvalue weighted by Gasteiger charge is -2.21. The van der Waals surface area contributed by atoms with Gasteiger partial charge in [0.2, 0.25) is 0 Å². The van der Waals surface area contributed by atoms with Crippen LogP contribution in [0.15, 0.2) is 42.5 Å². The van der Waals surface area contributed by atoms with E-state index in [-0.39, 0.29) is 28.4 Å². The fourth-order valence-electron chi connectivity index (χ4n) is 3.21. The molecular weight excluding hydrogens is 368 g/mol. The summed E-state index contributed by atoms with van der Waals surface area (Å²) in [5.74, 6) is -0.276. The molecule has 0 radical (unpaired) electrons. The molecule has 2 aromatic carbocycles. The lowest BCUT2D eigenvalue weighted by atomic mass is 9.85. The predicted octanol–water partition coefficient (Wildman–Crippen LogP) is 3.53. The van der Waals surface area contributed by atoms with Gasteiger partial charge in [-0.2, -0.15) is 0 Å². The lowest BCUT2D eigenvalue weighted by molar-refractivity contribution is 0.585. The van der Waals surface area contributed by atoms with Gasteiger partial charge in [-0.05, 0) is 33.2 Å². The molecule has 0 saturated heterocycles. The molecule has 0 aromatic heterocycles. The van der Waals surface area contributed by atoms with Gasteiger partial charge in [-0.15, -0.1) is 0 Å². The minimum Gasteiger partial charge on any atom is -0.228 e. The number of sulfone groups is 2. The SMILES string of the molecule is CC(C)(C)c1cc2cc(c1)CS(=O)(=O)Cc1ccc(cc1)CS(=O)(=O)C2. The average Bonchev–Trinajstić information content (AvgIpc) is 2.46. The Hall–Kier alpha value is -1.66. The van der Waals surface area contributed by atoms with E-state index in [9.17, 15) is 16.8 Å². The van der Waals surface area contributed by atoms with Gasteiger partial charge >= 0.3 is 0 Å². The van der Waals surface area contributed by atoms with Crippen molar-refractivity contribution in [2.24, 2.45) is 0 Å². The molecule has 6 heteroatoms. The highest BCUT2D eigenvalue weighted by Gasteiger charge is 2.22. The van der Waals surface area contributed by atoms with E-state index in [1.54, 1.807) is 30.3 Å². The molecular formula is C20H24O4S2. The summed E-state index contributed by atoms with van der Waals surface area (Å²) in [7, 11) is -6.69. The van der Waals surface area contributed by atoms with Gasteiger partial charge in [-0.1, -0.05) is 63.2 Å². The molecule has 0 N–H and O–H groups in total. The van der Waals surface area contributed by atoms with Crippen LogP contribution in [0.25, 0.3) is 0 Å². The van der Waals surface area contributed by atoms with Crippen LogP contribution >= 0.6 is 0 Å². The predicted molar refractivity (Wildman–Crippen MR) is 104 cm³/mol. The average molecular weight is 393 g/mol. The van der Waals surface area contributed by atoms with Crippen molar-refractivity contribution >= 4 is 19.7 Å². The second-order valence-corrected chi connectivity index (χ2v) is 12.3. The second kappa shape index (κ2) is 6.50. The van der Waals surface area contributed by atoms with Crippen LogP contribution in [0.2, 0.25) is 0 Å². The standard InChI is InChI=1S/C20H24O4S2/c1-20(2,3)19-9-17-8-18(10-19)14-26(23,24)12-16-5-4-15(6-7-16)11-25(21,22)13-17/h4-10H,11-14H2,1-3H3. The molecule has 0 aliphatic carbocycles. The van der Waals surface area contributed by atoms with Gasteiger partial charge in [0.05, 0.1) is 23.0 Å². The van der Waals surface area contributed by atoms with Gasteiger partial charge < -0.3 is 0 Å². The lowest BCUT2D eigenvalue weighted by Crippen LogP contribution is -2.15. The molecule has 140 valence electrons. The van der Waals surface area contributed by atoms with Crippen LogP contribution in [0, 0.1) is 0 Å². The van der Waals surface area contributed by atoms with E-state index in [0.29, 0.717) is 22.3 Å². The van der Waals surface area contributed by atoms with Crippen molar-refractivity contribution in [3.05, 3.63) is 70.3 Å². The summed E-state index contributed by atoms with van der Waals surface area (Å²) in [5.41, 5.74) is 3.41. The summed E-state index contributed by atoms with van der Waals surface area (Å²) >= 11 is 0. The molecule has 4 rings (SSSR count). The molecule has 2 aliphatic rings. The summed E-state index contributed by atoms with van der Waals surface area (Å²) in [6.45, 7) is 6.10. The molecule has 2 aromatic rings. The Morgan fingerprint density at radius 3 is 1.31 bits per heavy atom. The first kappa shape index (κ1) is 19.1. The fourth-order valence-corrected chi connectivity index (χ4v) is 6.17. The quantitative estimate of drug-likeness (QED) is 0.688. The maximum Gasteiger partial charge on any atom is 0.158 e. The normalized spacial score (nSPS) is 19.2. The van der Waals surface area contributed by atoms with Crippen LogP contribution in [0.3, 0.4) is 0 Å². The van der Waals surface area contributed by atoms with E-state index >= 15 is 0 Å². The molecule has 0 atom stereocenters. The highest BCUT2D eigenvalue weighted by atomic mass is 32.2. The third-order valence-electron chi connectivity index (χ3n) is 4.49. The summed E-state index contributed by atoms with van der Waals surface area (Å²) in [6.07, 6.45) is 0. The van der Waals surface area contributed by atoms with E-state index in [1.165, 1.54) is 0 Å². The molecule has 0 fully saturated rings. The van der Waals surface area contributed by atoms with Gasteiger partial charge in [0.15, 0.2) is 19.7 Å². The highest BCUT2D eigenvalue weighted by Crippen LogP contribution is 2.27. The minimum atomic E-state index is -3.35. The Kier molecular flexibility index (Phi) is 4.78. The highest BCUT2D eigenvalue weighted by molar-refractivity contribution is 7.90. The zero-order valence-corrected chi connectivity index (χ0v) is 17.0. The van der Waals surface area contributed by atoms with Crippen LogP contribution in [-0.4, -0.2) is 16.8 Å². The second-order valence-electron chi connectivity index (χ2n) is 8.17. The van der Waals surface area contributed by atoms with Crippen molar-refractivity contribution in [2.45, 2.75) is 49.2 Å². The molecule has 2 aliphatic heterocycles. The Morgan fingerprint density at radius 2 is 0.962 bits per heavy atom. The maximum absolute atomic E-state index is 12.6. The molecule has 2 heterocycles. The van der Waals surface area contributed by atoms with Crippen molar-refractivity contribution in [2.75, 3.05) is 0 Å². The zero-order chi connectivity index (χ0) is 19.2. The minimum absolute atomic E-state index is 0.0465. The van der Waals surface area contributed by atoms with Crippen LogP contribution in [-0.2, 0) is 48.1 Å². The molecule has 26 heavy (non-hydrogen) atoms. The molecule has 0 amide bonds. The van der Waals surface area contributed by atoms with E-state index in [0.717, 1.165) is 5.56 Å². The van der Waals surface area contributed by atoms with Gasteiger partial charge in [0.25, 0.3) is 0 Å². The van der Waals surface area contributed by atoms with Crippen molar-refractivity contribution in [1.82, 2.24) is 0 Å². The summed E-state index contributed by atoms with van der Waals surface area (Å²) in [6, 6.07) is 12.3. The maximum atomic E-state index is 12.6. The molecule has 0 saturated carbocycles. The smallest absolute Gasteiger partial charge is 0.158 e. The molecule has 0 spiro atoms. The third kappa shape index (κ3) is 4.74. The Morgan fingerprint density at radius 1 is 0.615 bits per heavy atom. The number of fused-ring (bicyclic) bond motifs is 6. The zero-order valence-electron chi connectivity index (χ0n) is 15.3. The van der Waals surface area contributed by atoms with Crippen molar-refractivity contribution in [1.29, 1.82) is 0 Å². The number of hydrogen-bond donors (Lipinski definition) is 0. The van der Waals surface area contributed by atoms with E-state index < -0.39 is 19.7 Å². The van der Waals surface area contributed by atoms with E-state index in [4.69, 9.17) is 0 Å². The van der Waals surface area contributed by atoms with Crippen LogP contribution < -0.4 is 0 Å². The van der Waals surface area contributed by atoms with E-state index in [2.05, 4.69) is 0 Å². The largest absolute Gasteiger partial charge is 0.228 e. The molecule has 0 unspecified atom stereocenters. The summed E-state index contributed by atoms with van der Waals surface area (Å²) < 4.78 is 50.6. The van der Waals surface area contributed by atoms with Gasteiger partial charge in [-0.3, -0.25) is 0 Å². The van der Waals surface area contributed by atoms with E-state index in [1.807, 2.05) is 32.9 Å². The van der Waals surface area contributed by atoms with Gasteiger partial charge in [0.1, 0.15) is 0 Å². The number of hydrogen-bond acceptors (Lipinski definition) is 4. The van der Waals surface area contributed by atoms with Crippen LogP contribution in [0.5, 0.6) is 0 Å². The third-order valence-corrected chi connectivity index (χ3v) is 7.58. The van der Waals surface area contributed by atoms with Crippen molar-refractivity contribution < 1.29 is 16.8 Å². The Balaban J connectivity index is 2.16. The topological polar surface area (TPSA) is 68.3 Å². The summed E-state index contributed by atoms with van der Waals surface area (Å²) in [5, 5.41) is 0. The molecule has 4 nitrogen and oxygen atoms in total. The first-order valence-electron chi connectivity index (χ1n) is 8.54. The van der Waals surface area contributed by atoms with Crippen LogP contribution in [0.1, 0.15) is 48.6 Å². The van der Waals surface area contributed by atoms with Crippen molar-refractivity contribution in [3.8, 4) is 0 Å². The molecule has 4 bridgehead atoms. The summed E-state index contributed by atoms with van der Waals surface area (Å²) in [4.78, 5) is 0. The van der Waals surface area contributed by atoms with Gasteiger partial charge in [0, 0.05) is 0 Å². The van der Waals surface area contributed by atoms with Crippen molar-refractivity contribution in [3.63, 3.8) is 0 Å². The van der Waals surface area contributed by atoms with Crippen LogP contribution in [0.4, 0.5) is 0 Å².